The normalized spacial score (nSPS) is 11.5. The third-order valence-corrected chi connectivity index (χ3v) is 5.43. The Labute approximate surface area is 116 Å². The maximum absolute atomic E-state index is 12.2. The van der Waals surface area contributed by atoms with Gasteiger partial charge in [0.25, 0.3) is 10.0 Å². The molecule has 0 aliphatic rings. The van der Waals surface area contributed by atoms with E-state index in [1.807, 2.05) is 14.0 Å². The number of nitrogens with zero attached hydrogens (tertiary/aromatic N) is 2. The first-order chi connectivity index (χ1) is 9.03. The van der Waals surface area contributed by atoms with Crippen LogP contribution in [0.3, 0.4) is 0 Å². The summed E-state index contributed by atoms with van der Waals surface area (Å²) in [4.78, 5) is 8.69. The zero-order chi connectivity index (χ0) is 13.9. The summed E-state index contributed by atoms with van der Waals surface area (Å²) in [5, 5.41) is 3.01. The van der Waals surface area contributed by atoms with E-state index in [4.69, 9.17) is 0 Å². The molecule has 0 saturated carbocycles. The summed E-state index contributed by atoms with van der Waals surface area (Å²) in [6.07, 6.45) is 2.97. The average molecular weight is 298 g/mol. The third kappa shape index (κ3) is 3.28. The number of sulfonamides is 1. The molecule has 0 radical (unpaired) electrons. The van der Waals surface area contributed by atoms with Crippen molar-refractivity contribution in [2.75, 3.05) is 11.8 Å². The molecule has 0 fully saturated rings. The van der Waals surface area contributed by atoms with Gasteiger partial charge in [0.2, 0.25) is 5.95 Å². The maximum atomic E-state index is 12.2. The number of aryl methyl sites for hydroxylation is 1. The number of anilines is 1. The van der Waals surface area contributed by atoms with E-state index < -0.39 is 10.0 Å². The van der Waals surface area contributed by atoms with Crippen molar-refractivity contribution in [1.29, 1.82) is 0 Å². The van der Waals surface area contributed by atoms with Crippen LogP contribution < -0.4 is 10.0 Å². The van der Waals surface area contributed by atoms with E-state index in [9.17, 15) is 8.42 Å². The SMILES string of the molecule is CNCc1sc(S(=O)(=O)Nc2ncccn2)cc1C. The van der Waals surface area contributed by atoms with E-state index in [1.165, 1.54) is 23.7 Å². The predicted octanol–water partition coefficient (Wildman–Crippen LogP) is 1.37. The molecule has 0 aromatic carbocycles. The van der Waals surface area contributed by atoms with E-state index in [0.717, 1.165) is 10.4 Å². The van der Waals surface area contributed by atoms with Crippen LogP contribution in [-0.2, 0) is 16.6 Å². The minimum Gasteiger partial charge on any atom is -0.315 e. The monoisotopic (exact) mass is 298 g/mol. The van der Waals surface area contributed by atoms with Crippen molar-refractivity contribution in [2.45, 2.75) is 17.7 Å². The van der Waals surface area contributed by atoms with Crippen LogP contribution in [-0.4, -0.2) is 25.4 Å². The highest BCUT2D eigenvalue weighted by atomic mass is 32.2. The Kier molecular flexibility index (Phi) is 4.13. The second-order valence-electron chi connectivity index (χ2n) is 3.88. The lowest BCUT2D eigenvalue weighted by atomic mass is 10.3. The molecule has 2 rings (SSSR count). The molecule has 19 heavy (non-hydrogen) atoms. The zero-order valence-electron chi connectivity index (χ0n) is 10.5. The van der Waals surface area contributed by atoms with Gasteiger partial charge in [0.15, 0.2) is 0 Å². The summed E-state index contributed by atoms with van der Waals surface area (Å²) in [5.41, 5.74) is 0.953. The molecule has 0 spiro atoms. The molecular weight excluding hydrogens is 284 g/mol. The fourth-order valence-corrected chi connectivity index (χ4v) is 4.04. The van der Waals surface area contributed by atoms with Crippen LogP contribution in [0.5, 0.6) is 0 Å². The Morgan fingerprint density at radius 3 is 2.63 bits per heavy atom. The van der Waals surface area contributed by atoms with Gasteiger partial charge in [0.1, 0.15) is 4.21 Å². The fourth-order valence-electron chi connectivity index (χ4n) is 1.48. The van der Waals surface area contributed by atoms with Crippen molar-refractivity contribution < 1.29 is 8.42 Å². The van der Waals surface area contributed by atoms with Crippen LogP contribution in [0.15, 0.2) is 28.7 Å². The number of aromatic nitrogens is 2. The standard InChI is InChI=1S/C11H14N4O2S2/c1-8-6-10(18-9(8)7-12-2)19(16,17)15-11-13-4-3-5-14-11/h3-6,12H,7H2,1-2H3,(H,13,14,15). The molecule has 0 aliphatic carbocycles. The zero-order valence-corrected chi connectivity index (χ0v) is 12.2. The van der Waals surface area contributed by atoms with Gasteiger partial charge in [-0.15, -0.1) is 11.3 Å². The van der Waals surface area contributed by atoms with Crippen molar-refractivity contribution in [3.63, 3.8) is 0 Å². The van der Waals surface area contributed by atoms with Gasteiger partial charge >= 0.3 is 0 Å². The summed E-state index contributed by atoms with van der Waals surface area (Å²) in [7, 11) is -1.79. The van der Waals surface area contributed by atoms with E-state index in [-0.39, 0.29) is 10.2 Å². The van der Waals surface area contributed by atoms with E-state index in [2.05, 4.69) is 20.0 Å². The van der Waals surface area contributed by atoms with Crippen LogP contribution >= 0.6 is 11.3 Å². The first kappa shape index (κ1) is 13.9. The number of thiophene rings is 1. The lowest BCUT2D eigenvalue weighted by Crippen LogP contribution is -2.13. The molecule has 0 amide bonds. The summed E-state index contributed by atoms with van der Waals surface area (Å²) in [6.45, 7) is 2.54. The Hall–Kier alpha value is -1.51. The lowest BCUT2D eigenvalue weighted by Gasteiger charge is -2.03. The Balaban J connectivity index is 2.27. The highest BCUT2D eigenvalue weighted by molar-refractivity contribution is 7.94. The van der Waals surface area contributed by atoms with E-state index >= 15 is 0 Å². The van der Waals surface area contributed by atoms with Crippen LogP contribution in [0.1, 0.15) is 10.4 Å². The number of nitrogens with one attached hydrogen (secondary N) is 2. The quantitative estimate of drug-likeness (QED) is 0.871. The molecule has 0 bridgehead atoms. The lowest BCUT2D eigenvalue weighted by molar-refractivity contribution is 0.602. The topological polar surface area (TPSA) is 84.0 Å². The predicted molar refractivity (Wildman–Crippen MR) is 74.7 cm³/mol. The molecule has 0 aliphatic heterocycles. The van der Waals surface area contributed by atoms with Crippen molar-refractivity contribution in [3.8, 4) is 0 Å². The van der Waals surface area contributed by atoms with Crippen LogP contribution in [0.2, 0.25) is 0 Å². The first-order valence-electron chi connectivity index (χ1n) is 5.56. The van der Waals surface area contributed by atoms with Gasteiger partial charge < -0.3 is 5.32 Å². The Morgan fingerprint density at radius 2 is 2.00 bits per heavy atom. The maximum Gasteiger partial charge on any atom is 0.273 e. The van der Waals surface area contributed by atoms with Gasteiger partial charge in [-0.1, -0.05) is 0 Å². The van der Waals surface area contributed by atoms with Gasteiger partial charge in [0.05, 0.1) is 0 Å². The molecule has 0 saturated heterocycles. The van der Waals surface area contributed by atoms with Gasteiger partial charge in [-0.2, -0.15) is 0 Å². The number of rotatable bonds is 5. The minimum absolute atomic E-state index is 0.0729. The molecule has 2 heterocycles. The van der Waals surface area contributed by atoms with Crippen molar-refractivity contribution in [2.24, 2.45) is 0 Å². The van der Waals surface area contributed by atoms with Crippen LogP contribution in [0.4, 0.5) is 5.95 Å². The molecule has 6 nitrogen and oxygen atoms in total. The largest absolute Gasteiger partial charge is 0.315 e. The minimum atomic E-state index is -3.62. The summed E-state index contributed by atoms with van der Waals surface area (Å²) < 4.78 is 27.0. The molecule has 102 valence electrons. The van der Waals surface area contributed by atoms with Crippen molar-refractivity contribution in [1.82, 2.24) is 15.3 Å². The molecule has 0 unspecified atom stereocenters. The third-order valence-electron chi connectivity index (χ3n) is 2.39. The fraction of sp³-hybridized carbons (Fsp3) is 0.273. The molecule has 2 aromatic rings. The molecular formula is C11H14N4O2S2. The highest BCUT2D eigenvalue weighted by Gasteiger charge is 2.19. The Morgan fingerprint density at radius 1 is 1.32 bits per heavy atom. The van der Waals surface area contributed by atoms with E-state index in [0.29, 0.717) is 6.54 Å². The highest BCUT2D eigenvalue weighted by Crippen LogP contribution is 2.26. The first-order valence-corrected chi connectivity index (χ1v) is 7.86. The second-order valence-corrected chi connectivity index (χ2v) is 6.93. The molecule has 8 heteroatoms. The van der Waals surface area contributed by atoms with Crippen molar-refractivity contribution in [3.05, 3.63) is 35.0 Å². The van der Waals surface area contributed by atoms with Gasteiger partial charge in [-0.3, -0.25) is 0 Å². The number of hydrogen-bond donors (Lipinski definition) is 2. The van der Waals surface area contributed by atoms with Crippen molar-refractivity contribution >= 4 is 27.3 Å². The molecule has 2 N–H and O–H groups in total. The summed E-state index contributed by atoms with van der Waals surface area (Å²) in [6, 6.07) is 3.28. The molecule has 2 aromatic heterocycles. The number of hydrogen-bond acceptors (Lipinski definition) is 6. The van der Waals surface area contributed by atoms with Gasteiger partial charge in [-0.25, -0.2) is 23.1 Å². The summed E-state index contributed by atoms with van der Waals surface area (Å²) >= 11 is 1.24. The van der Waals surface area contributed by atoms with Gasteiger partial charge in [0, 0.05) is 23.8 Å². The van der Waals surface area contributed by atoms with Crippen LogP contribution in [0.25, 0.3) is 0 Å². The smallest absolute Gasteiger partial charge is 0.273 e. The average Bonchev–Trinajstić information content (AvgIpc) is 2.73. The molecule has 0 atom stereocenters. The van der Waals surface area contributed by atoms with Gasteiger partial charge in [-0.05, 0) is 31.7 Å². The van der Waals surface area contributed by atoms with E-state index in [1.54, 1.807) is 12.1 Å². The van der Waals surface area contributed by atoms with Crippen LogP contribution in [0, 0.1) is 6.92 Å². The second kappa shape index (κ2) is 5.64. The Bertz CT molecular complexity index is 653. The summed E-state index contributed by atoms with van der Waals surface area (Å²) in [5.74, 6) is 0.0729.